The lowest BCUT2D eigenvalue weighted by Crippen LogP contribution is -1.83. The molecule has 1 aromatic carbocycles. The number of hydrogen-bond acceptors (Lipinski definition) is 2. The third-order valence-electron chi connectivity index (χ3n) is 1.98. The van der Waals surface area contributed by atoms with Gasteiger partial charge in [-0.05, 0) is 11.8 Å². The lowest BCUT2D eigenvalue weighted by atomic mass is 10.2. The molecule has 0 radical (unpaired) electrons. The van der Waals surface area contributed by atoms with E-state index in [2.05, 4.69) is 11.9 Å². The minimum absolute atomic E-state index is 0.822. The van der Waals surface area contributed by atoms with Crippen molar-refractivity contribution in [1.29, 1.82) is 0 Å². The third-order valence-corrected chi connectivity index (χ3v) is 3.41. The summed E-state index contributed by atoms with van der Waals surface area (Å²) in [6.07, 6.45) is 1.85. The second-order valence-electron chi connectivity index (χ2n) is 2.89. The van der Waals surface area contributed by atoms with Gasteiger partial charge in [0.05, 0.1) is 10.5 Å². The summed E-state index contributed by atoms with van der Waals surface area (Å²) in [6.45, 7) is 2.11. The Bertz CT molecular complexity index is 456. The van der Waals surface area contributed by atoms with Crippen LogP contribution in [0.3, 0.4) is 0 Å². The fourth-order valence-electron chi connectivity index (χ4n) is 1.35. The van der Waals surface area contributed by atoms with E-state index in [1.54, 1.807) is 11.8 Å². The van der Waals surface area contributed by atoms with Gasteiger partial charge in [0.15, 0.2) is 0 Å². The molecule has 0 fully saturated rings. The number of benzene rings is 1. The van der Waals surface area contributed by atoms with Crippen molar-refractivity contribution in [3.05, 3.63) is 35.5 Å². The molecule has 3 heteroatoms. The first kappa shape index (κ1) is 9.81. The van der Waals surface area contributed by atoms with E-state index in [0.717, 1.165) is 26.6 Å². The van der Waals surface area contributed by atoms with E-state index in [9.17, 15) is 0 Å². The first-order valence-electron chi connectivity index (χ1n) is 4.49. The molecule has 72 valence electrons. The Balaban J connectivity index is 2.63. The molecule has 0 unspecified atom stereocenters. The fraction of sp³-hybridized carbons (Fsp3) is 0.182. The van der Waals surface area contributed by atoms with Gasteiger partial charge in [-0.3, -0.25) is 4.98 Å². The smallest absolute Gasteiger partial charge is 0.0717 e. The molecule has 0 atom stereocenters. The zero-order valence-corrected chi connectivity index (χ0v) is 9.40. The number of nitrogens with zero attached hydrogens (tertiary/aromatic N) is 1. The average molecular weight is 224 g/mol. The van der Waals surface area contributed by atoms with Crippen LogP contribution < -0.4 is 0 Å². The minimum atomic E-state index is 0.822. The zero-order valence-electron chi connectivity index (χ0n) is 7.83. The van der Waals surface area contributed by atoms with Crippen LogP contribution in [0.5, 0.6) is 0 Å². The molecule has 1 heterocycles. The van der Waals surface area contributed by atoms with Crippen LogP contribution in [0.1, 0.15) is 6.92 Å². The molecule has 0 bridgehead atoms. The quantitative estimate of drug-likeness (QED) is 0.714. The maximum absolute atomic E-state index is 6.26. The molecule has 0 saturated carbocycles. The SMILES string of the molecule is CCSc1cnc2ccccc2c1Cl. The molecule has 2 aromatic rings. The molecule has 0 spiro atoms. The van der Waals surface area contributed by atoms with E-state index in [-0.39, 0.29) is 0 Å². The van der Waals surface area contributed by atoms with E-state index < -0.39 is 0 Å². The summed E-state index contributed by atoms with van der Waals surface area (Å²) in [7, 11) is 0. The van der Waals surface area contributed by atoms with Crippen LogP contribution in [0.15, 0.2) is 35.4 Å². The monoisotopic (exact) mass is 223 g/mol. The van der Waals surface area contributed by atoms with Gasteiger partial charge in [0.1, 0.15) is 0 Å². The zero-order chi connectivity index (χ0) is 9.97. The third kappa shape index (κ3) is 1.72. The molecular formula is C11H10ClNS. The Hall–Kier alpha value is -0.730. The highest BCUT2D eigenvalue weighted by Crippen LogP contribution is 2.31. The van der Waals surface area contributed by atoms with Gasteiger partial charge in [-0.1, -0.05) is 36.7 Å². The van der Waals surface area contributed by atoms with Crippen LogP contribution in [0, 0.1) is 0 Å². The van der Waals surface area contributed by atoms with Crippen LogP contribution in [0.4, 0.5) is 0 Å². The first-order chi connectivity index (χ1) is 6.83. The highest BCUT2D eigenvalue weighted by atomic mass is 35.5. The van der Waals surface area contributed by atoms with Crippen LogP contribution in [0.2, 0.25) is 5.02 Å². The average Bonchev–Trinajstić information content (AvgIpc) is 2.23. The van der Waals surface area contributed by atoms with Crippen molar-refractivity contribution in [3.8, 4) is 0 Å². The second-order valence-corrected chi connectivity index (χ2v) is 4.57. The predicted molar refractivity (Wildman–Crippen MR) is 63.2 cm³/mol. The lowest BCUT2D eigenvalue weighted by Gasteiger charge is -2.04. The van der Waals surface area contributed by atoms with Crippen LogP contribution in [-0.4, -0.2) is 10.7 Å². The van der Waals surface area contributed by atoms with Crippen LogP contribution in [0.25, 0.3) is 10.9 Å². The van der Waals surface area contributed by atoms with E-state index >= 15 is 0 Å². The van der Waals surface area contributed by atoms with Gasteiger partial charge >= 0.3 is 0 Å². The fourth-order valence-corrected chi connectivity index (χ4v) is 2.39. The van der Waals surface area contributed by atoms with Crippen molar-refractivity contribution in [2.24, 2.45) is 0 Å². The van der Waals surface area contributed by atoms with Gasteiger partial charge in [0.2, 0.25) is 0 Å². The number of hydrogen-bond donors (Lipinski definition) is 0. The van der Waals surface area contributed by atoms with Gasteiger partial charge in [-0.15, -0.1) is 11.8 Å². The van der Waals surface area contributed by atoms with Gasteiger partial charge in [0.25, 0.3) is 0 Å². The highest BCUT2D eigenvalue weighted by molar-refractivity contribution is 7.99. The first-order valence-corrected chi connectivity index (χ1v) is 5.85. The number of halogens is 1. The normalized spacial score (nSPS) is 10.7. The topological polar surface area (TPSA) is 12.9 Å². The van der Waals surface area contributed by atoms with E-state index in [1.165, 1.54) is 0 Å². The van der Waals surface area contributed by atoms with Gasteiger partial charge in [0, 0.05) is 16.5 Å². The molecule has 0 aliphatic carbocycles. The molecule has 0 saturated heterocycles. The Kier molecular flexibility index (Phi) is 2.94. The molecule has 2 rings (SSSR count). The summed E-state index contributed by atoms with van der Waals surface area (Å²) in [6, 6.07) is 7.93. The number of fused-ring (bicyclic) bond motifs is 1. The minimum Gasteiger partial charge on any atom is -0.255 e. The number of thioether (sulfide) groups is 1. The van der Waals surface area contributed by atoms with Crippen molar-refractivity contribution < 1.29 is 0 Å². The van der Waals surface area contributed by atoms with Crippen molar-refractivity contribution >= 4 is 34.3 Å². The number of pyridine rings is 1. The van der Waals surface area contributed by atoms with Crippen LogP contribution in [-0.2, 0) is 0 Å². The van der Waals surface area contributed by atoms with Gasteiger partial charge < -0.3 is 0 Å². The van der Waals surface area contributed by atoms with Crippen LogP contribution >= 0.6 is 23.4 Å². The summed E-state index contributed by atoms with van der Waals surface area (Å²) < 4.78 is 0. The number of aromatic nitrogens is 1. The summed E-state index contributed by atoms with van der Waals surface area (Å²) in [5.74, 6) is 1.01. The molecule has 0 aliphatic heterocycles. The van der Waals surface area contributed by atoms with E-state index in [0.29, 0.717) is 0 Å². The summed E-state index contributed by atoms with van der Waals surface area (Å²) in [4.78, 5) is 5.42. The second kappa shape index (κ2) is 4.20. The number of para-hydroxylation sites is 1. The number of rotatable bonds is 2. The maximum Gasteiger partial charge on any atom is 0.0717 e. The Morgan fingerprint density at radius 1 is 1.36 bits per heavy atom. The summed E-state index contributed by atoms with van der Waals surface area (Å²) in [5.41, 5.74) is 0.956. The van der Waals surface area contributed by atoms with E-state index in [4.69, 9.17) is 11.6 Å². The summed E-state index contributed by atoms with van der Waals surface area (Å²) >= 11 is 7.98. The van der Waals surface area contributed by atoms with Gasteiger partial charge in [-0.25, -0.2) is 0 Å². The highest BCUT2D eigenvalue weighted by Gasteiger charge is 2.05. The largest absolute Gasteiger partial charge is 0.255 e. The molecule has 0 aliphatic rings. The molecule has 1 aromatic heterocycles. The van der Waals surface area contributed by atoms with Gasteiger partial charge in [-0.2, -0.15) is 0 Å². The molecule has 0 N–H and O–H groups in total. The standard InChI is InChI=1S/C11H10ClNS/c1-2-14-10-7-13-9-6-4-3-5-8(9)11(10)12/h3-7H,2H2,1H3. The Morgan fingerprint density at radius 3 is 2.93 bits per heavy atom. The van der Waals surface area contributed by atoms with Crippen molar-refractivity contribution in [1.82, 2.24) is 4.98 Å². The Labute approximate surface area is 92.5 Å². The Morgan fingerprint density at radius 2 is 2.14 bits per heavy atom. The van der Waals surface area contributed by atoms with Crippen molar-refractivity contribution in [3.63, 3.8) is 0 Å². The maximum atomic E-state index is 6.26. The van der Waals surface area contributed by atoms with Crippen molar-refractivity contribution in [2.75, 3.05) is 5.75 Å². The molecule has 14 heavy (non-hydrogen) atoms. The van der Waals surface area contributed by atoms with E-state index in [1.807, 2.05) is 30.5 Å². The predicted octanol–water partition coefficient (Wildman–Crippen LogP) is 4.00. The molecular weight excluding hydrogens is 214 g/mol. The summed E-state index contributed by atoms with van der Waals surface area (Å²) in [5, 5.41) is 1.86. The molecule has 1 nitrogen and oxygen atoms in total. The van der Waals surface area contributed by atoms with Crippen molar-refractivity contribution in [2.45, 2.75) is 11.8 Å². The lowest BCUT2D eigenvalue weighted by molar-refractivity contribution is 1.30. The molecule has 0 amide bonds.